The number of nitrogens with two attached hydrogens (primary N) is 1. The lowest BCUT2D eigenvalue weighted by atomic mass is 10.1. The molecule has 0 radical (unpaired) electrons. The molecule has 0 saturated carbocycles. The smallest absolute Gasteiger partial charge is 0.106 e. The van der Waals surface area contributed by atoms with E-state index >= 15 is 0 Å². The minimum absolute atomic E-state index is 0.0968. The van der Waals surface area contributed by atoms with Gasteiger partial charge in [0.1, 0.15) is 5.82 Å². The summed E-state index contributed by atoms with van der Waals surface area (Å²) in [4.78, 5) is 8.08. The number of unbranched alkanes of at least 4 members (excludes halogenated alkanes) is 5. The van der Waals surface area contributed by atoms with E-state index in [0.717, 1.165) is 36.5 Å². The van der Waals surface area contributed by atoms with E-state index in [4.69, 9.17) is 5.73 Å². The normalized spacial score (nSPS) is 12.8. The number of aromatic amines is 1. The topological polar surface area (TPSA) is 54.7 Å². The molecular weight excluding hydrogens is 234 g/mol. The average molecular weight is 265 g/mol. The molecular formula is C16H31N3. The second-order valence-electron chi connectivity index (χ2n) is 5.61. The Hall–Kier alpha value is -0.830. The van der Waals surface area contributed by atoms with Crippen molar-refractivity contribution in [3.63, 3.8) is 0 Å². The van der Waals surface area contributed by atoms with Crippen molar-refractivity contribution in [3.05, 3.63) is 17.2 Å². The Morgan fingerprint density at radius 2 is 1.74 bits per heavy atom. The molecule has 0 aliphatic rings. The molecule has 0 aliphatic carbocycles. The molecule has 0 spiro atoms. The highest BCUT2D eigenvalue weighted by atomic mass is 15.0. The molecule has 0 fully saturated rings. The Labute approximate surface area is 118 Å². The largest absolute Gasteiger partial charge is 0.346 e. The van der Waals surface area contributed by atoms with Crippen LogP contribution in [0.3, 0.4) is 0 Å². The van der Waals surface area contributed by atoms with Crippen molar-refractivity contribution in [2.45, 2.75) is 84.6 Å². The van der Waals surface area contributed by atoms with Crippen LogP contribution in [0.2, 0.25) is 0 Å². The molecule has 1 rings (SSSR count). The van der Waals surface area contributed by atoms with E-state index < -0.39 is 0 Å². The van der Waals surface area contributed by atoms with Crippen LogP contribution in [0.5, 0.6) is 0 Å². The second kappa shape index (κ2) is 9.13. The number of hydrogen-bond acceptors (Lipinski definition) is 2. The highest BCUT2D eigenvalue weighted by Crippen LogP contribution is 2.18. The van der Waals surface area contributed by atoms with E-state index in [2.05, 4.69) is 30.7 Å². The van der Waals surface area contributed by atoms with E-state index in [0.29, 0.717) is 0 Å². The Morgan fingerprint density at radius 3 is 2.42 bits per heavy atom. The molecule has 19 heavy (non-hydrogen) atoms. The Balaban J connectivity index is 2.33. The van der Waals surface area contributed by atoms with Crippen LogP contribution >= 0.6 is 0 Å². The molecule has 0 aliphatic heterocycles. The van der Waals surface area contributed by atoms with E-state index in [1.165, 1.54) is 38.5 Å². The molecule has 1 aromatic heterocycles. The van der Waals surface area contributed by atoms with Crippen LogP contribution in [0, 0.1) is 6.92 Å². The summed E-state index contributed by atoms with van der Waals surface area (Å²) in [7, 11) is 0. The first-order valence-electron chi connectivity index (χ1n) is 8.00. The van der Waals surface area contributed by atoms with Crippen LogP contribution in [0.15, 0.2) is 0 Å². The first-order chi connectivity index (χ1) is 9.19. The maximum absolute atomic E-state index is 6.15. The molecule has 110 valence electrons. The van der Waals surface area contributed by atoms with Crippen LogP contribution in [-0.4, -0.2) is 9.97 Å². The minimum atomic E-state index is 0.0968. The molecule has 1 heterocycles. The van der Waals surface area contributed by atoms with E-state index in [9.17, 15) is 0 Å². The van der Waals surface area contributed by atoms with Gasteiger partial charge in [0.2, 0.25) is 0 Å². The predicted molar refractivity (Wildman–Crippen MR) is 82.2 cm³/mol. The quantitative estimate of drug-likeness (QED) is 0.615. The first kappa shape index (κ1) is 16.2. The van der Waals surface area contributed by atoms with Gasteiger partial charge in [-0.25, -0.2) is 4.98 Å². The third-order valence-corrected chi connectivity index (χ3v) is 3.69. The molecule has 1 atom stereocenters. The highest BCUT2D eigenvalue weighted by Gasteiger charge is 2.13. The van der Waals surface area contributed by atoms with E-state index in [1.54, 1.807) is 0 Å². The van der Waals surface area contributed by atoms with Crippen LogP contribution in [0.4, 0.5) is 0 Å². The summed E-state index contributed by atoms with van der Waals surface area (Å²) in [6.45, 7) is 6.51. The zero-order valence-electron chi connectivity index (χ0n) is 13.0. The average Bonchev–Trinajstić information content (AvgIpc) is 2.75. The summed E-state index contributed by atoms with van der Waals surface area (Å²) in [5.74, 6) is 1.12. The van der Waals surface area contributed by atoms with Gasteiger partial charge in [0.05, 0.1) is 5.69 Å². The summed E-state index contributed by atoms with van der Waals surface area (Å²) in [5.41, 5.74) is 8.37. The fourth-order valence-electron chi connectivity index (χ4n) is 2.54. The molecule has 3 nitrogen and oxygen atoms in total. The van der Waals surface area contributed by atoms with Crippen molar-refractivity contribution in [3.8, 4) is 0 Å². The Kier molecular flexibility index (Phi) is 7.80. The van der Waals surface area contributed by atoms with Gasteiger partial charge in [-0.3, -0.25) is 0 Å². The van der Waals surface area contributed by atoms with Crippen LogP contribution in [-0.2, 0) is 6.42 Å². The SMILES string of the molecule is CCCCCCCCc1nc(C(N)CCC)c(C)[nH]1. The molecule has 1 aromatic rings. The third-order valence-electron chi connectivity index (χ3n) is 3.69. The lowest BCUT2D eigenvalue weighted by Gasteiger charge is -2.07. The zero-order valence-corrected chi connectivity index (χ0v) is 13.0. The fourth-order valence-corrected chi connectivity index (χ4v) is 2.54. The summed E-state index contributed by atoms with van der Waals surface area (Å²) in [5, 5.41) is 0. The van der Waals surface area contributed by atoms with Crippen molar-refractivity contribution in [2.75, 3.05) is 0 Å². The third kappa shape index (κ3) is 5.77. The van der Waals surface area contributed by atoms with Crippen LogP contribution in [0.25, 0.3) is 0 Å². The number of aromatic nitrogens is 2. The molecule has 0 aromatic carbocycles. The van der Waals surface area contributed by atoms with Crippen molar-refractivity contribution < 1.29 is 0 Å². The van der Waals surface area contributed by atoms with Gasteiger partial charge in [-0.2, -0.15) is 0 Å². The standard InChI is InChI=1S/C16H31N3/c1-4-6-7-8-9-10-12-15-18-13(3)16(19-15)14(17)11-5-2/h14H,4-12,17H2,1-3H3,(H,18,19). The second-order valence-corrected chi connectivity index (χ2v) is 5.61. The van der Waals surface area contributed by atoms with Gasteiger partial charge in [-0.15, -0.1) is 0 Å². The van der Waals surface area contributed by atoms with Gasteiger partial charge >= 0.3 is 0 Å². The van der Waals surface area contributed by atoms with Gasteiger partial charge in [-0.1, -0.05) is 52.4 Å². The van der Waals surface area contributed by atoms with Crippen molar-refractivity contribution in [1.29, 1.82) is 0 Å². The van der Waals surface area contributed by atoms with Gasteiger partial charge in [0, 0.05) is 18.2 Å². The molecule has 0 bridgehead atoms. The molecule has 3 N–H and O–H groups in total. The van der Waals surface area contributed by atoms with Crippen molar-refractivity contribution in [1.82, 2.24) is 9.97 Å². The number of aryl methyl sites for hydroxylation is 2. The maximum Gasteiger partial charge on any atom is 0.106 e. The van der Waals surface area contributed by atoms with Crippen molar-refractivity contribution >= 4 is 0 Å². The number of hydrogen-bond donors (Lipinski definition) is 2. The first-order valence-corrected chi connectivity index (χ1v) is 8.00. The molecule has 1 unspecified atom stereocenters. The summed E-state index contributed by atoms with van der Waals surface area (Å²) in [6.07, 6.45) is 11.2. The van der Waals surface area contributed by atoms with Crippen LogP contribution < -0.4 is 5.73 Å². The number of rotatable bonds is 10. The van der Waals surface area contributed by atoms with Gasteiger partial charge in [0.15, 0.2) is 0 Å². The monoisotopic (exact) mass is 265 g/mol. The lowest BCUT2D eigenvalue weighted by Crippen LogP contribution is -2.11. The zero-order chi connectivity index (χ0) is 14.1. The fraction of sp³-hybridized carbons (Fsp3) is 0.812. The van der Waals surface area contributed by atoms with Gasteiger partial charge in [0.25, 0.3) is 0 Å². The van der Waals surface area contributed by atoms with Gasteiger partial charge < -0.3 is 10.7 Å². The van der Waals surface area contributed by atoms with Crippen LogP contribution in [0.1, 0.15) is 88.5 Å². The van der Waals surface area contributed by atoms with Gasteiger partial charge in [-0.05, 0) is 19.8 Å². The molecule has 3 heteroatoms. The summed E-state index contributed by atoms with van der Waals surface area (Å²) in [6, 6.07) is 0.0968. The molecule has 0 amide bonds. The van der Waals surface area contributed by atoms with Crippen molar-refractivity contribution in [2.24, 2.45) is 5.73 Å². The number of nitrogens with zero attached hydrogens (tertiary/aromatic N) is 1. The van der Waals surface area contributed by atoms with E-state index in [1.807, 2.05) is 0 Å². The Morgan fingerprint density at radius 1 is 1.05 bits per heavy atom. The Bertz CT molecular complexity index is 344. The minimum Gasteiger partial charge on any atom is -0.346 e. The van der Waals surface area contributed by atoms with E-state index in [-0.39, 0.29) is 6.04 Å². The number of nitrogens with one attached hydrogen (secondary N) is 1. The highest BCUT2D eigenvalue weighted by molar-refractivity contribution is 5.16. The maximum atomic E-state index is 6.15. The molecule has 0 saturated heterocycles. The summed E-state index contributed by atoms with van der Waals surface area (Å²) >= 11 is 0. The predicted octanol–water partition coefficient (Wildman–Crippen LogP) is 4.42. The lowest BCUT2D eigenvalue weighted by molar-refractivity contribution is 0.598. The number of H-pyrrole nitrogens is 1. The summed E-state index contributed by atoms with van der Waals surface area (Å²) < 4.78 is 0. The number of imidazole rings is 1.